The van der Waals surface area contributed by atoms with Crippen molar-refractivity contribution in [3.63, 3.8) is 0 Å². The Morgan fingerprint density at radius 3 is 2.50 bits per heavy atom. The molecule has 0 aliphatic carbocycles. The molecule has 0 saturated carbocycles. The number of nitrogens with zero attached hydrogens (tertiary/aromatic N) is 1. The SMILES string of the molecule is Brc1ccccc1C/C=C/CN1CCCCC1.Cl. The van der Waals surface area contributed by atoms with Gasteiger partial charge in [-0.15, -0.1) is 12.4 Å². The Hall–Kier alpha value is -0.310. The predicted octanol–water partition coefficient (Wildman–Crippen LogP) is 4.46. The molecule has 0 atom stereocenters. The maximum Gasteiger partial charge on any atom is 0.0210 e. The normalized spacial score (nSPS) is 16.7. The summed E-state index contributed by atoms with van der Waals surface area (Å²) >= 11 is 3.58. The third-order valence-corrected chi connectivity index (χ3v) is 4.05. The summed E-state index contributed by atoms with van der Waals surface area (Å²) in [4.78, 5) is 2.54. The number of hydrogen-bond acceptors (Lipinski definition) is 1. The van der Waals surface area contributed by atoms with Gasteiger partial charge in [0.25, 0.3) is 0 Å². The Balaban J connectivity index is 0.00000162. The molecule has 1 aliphatic heterocycles. The third-order valence-electron chi connectivity index (χ3n) is 3.27. The largest absolute Gasteiger partial charge is 0.300 e. The number of benzene rings is 1. The van der Waals surface area contributed by atoms with Crippen molar-refractivity contribution in [2.45, 2.75) is 25.7 Å². The average Bonchev–Trinajstić information content (AvgIpc) is 2.38. The highest BCUT2D eigenvalue weighted by molar-refractivity contribution is 9.10. The van der Waals surface area contributed by atoms with Crippen LogP contribution in [0.2, 0.25) is 0 Å². The molecule has 0 bridgehead atoms. The first-order valence-corrected chi connectivity index (χ1v) is 7.26. The summed E-state index contributed by atoms with van der Waals surface area (Å²) in [6.07, 6.45) is 9.78. The van der Waals surface area contributed by atoms with Gasteiger partial charge in [0, 0.05) is 11.0 Å². The van der Waals surface area contributed by atoms with Crippen molar-refractivity contribution in [2.24, 2.45) is 0 Å². The van der Waals surface area contributed by atoms with E-state index in [0.717, 1.165) is 13.0 Å². The number of likely N-dealkylation sites (tertiary alicyclic amines) is 1. The van der Waals surface area contributed by atoms with Crippen LogP contribution in [-0.2, 0) is 6.42 Å². The molecule has 0 amide bonds. The van der Waals surface area contributed by atoms with Gasteiger partial charge in [-0.1, -0.05) is 52.7 Å². The summed E-state index contributed by atoms with van der Waals surface area (Å²) in [5.74, 6) is 0. The van der Waals surface area contributed by atoms with E-state index >= 15 is 0 Å². The Kier molecular flexibility index (Phi) is 7.64. The predicted molar refractivity (Wildman–Crippen MR) is 84.5 cm³/mol. The van der Waals surface area contributed by atoms with Crippen LogP contribution in [0.5, 0.6) is 0 Å². The van der Waals surface area contributed by atoms with E-state index in [1.165, 1.54) is 42.4 Å². The summed E-state index contributed by atoms with van der Waals surface area (Å²) < 4.78 is 1.21. The Labute approximate surface area is 125 Å². The molecule has 1 nitrogen and oxygen atoms in total. The van der Waals surface area contributed by atoms with Crippen LogP contribution in [0.3, 0.4) is 0 Å². The van der Waals surface area contributed by atoms with Crippen LogP contribution in [0.15, 0.2) is 40.9 Å². The van der Waals surface area contributed by atoms with E-state index in [-0.39, 0.29) is 12.4 Å². The first-order valence-electron chi connectivity index (χ1n) is 6.47. The zero-order chi connectivity index (χ0) is 11.9. The number of rotatable bonds is 4. The molecule has 1 heterocycles. The fraction of sp³-hybridized carbons (Fsp3) is 0.467. The molecule has 2 rings (SSSR count). The average molecular weight is 331 g/mol. The van der Waals surface area contributed by atoms with E-state index in [1.807, 2.05) is 0 Å². The third kappa shape index (κ3) is 5.13. The number of piperidine rings is 1. The van der Waals surface area contributed by atoms with Gasteiger partial charge in [-0.25, -0.2) is 0 Å². The molecule has 0 radical (unpaired) electrons. The van der Waals surface area contributed by atoms with E-state index in [1.54, 1.807) is 0 Å². The van der Waals surface area contributed by atoms with E-state index in [9.17, 15) is 0 Å². The molecule has 1 aliphatic rings. The second-order valence-corrected chi connectivity index (χ2v) is 5.48. The molecule has 18 heavy (non-hydrogen) atoms. The Bertz CT molecular complexity index is 373. The Morgan fingerprint density at radius 2 is 1.78 bits per heavy atom. The minimum atomic E-state index is 0. The zero-order valence-electron chi connectivity index (χ0n) is 10.6. The number of hydrogen-bond donors (Lipinski definition) is 0. The van der Waals surface area contributed by atoms with Crippen molar-refractivity contribution >= 4 is 28.3 Å². The molecule has 1 aromatic carbocycles. The highest BCUT2D eigenvalue weighted by Crippen LogP contribution is 2.16. The lowest BCUT2D eigenvalue weighted by atomic mass is 10.1. The van der Waals surface area contributed by atoms with Crippen molar-refractivity contribution in [3.8, 4) is 0 Å². The van der Waals surface area contributed by atoms with Crippen LogP contribution in [-0.4, -0.2) is 24.5 Å². The van der Waals surface area contributed by atoms with Crippen molar-refractivity contribution in [1.82, 2.24) is 4.90 Å². The minimum absolute atomic E-state index is 0. The van der Waals surface area contributed by atoms with Crippen LogP contribution in [0.4, 0.5) is 0 Å². The van der Waals surface area contributed by atoms with Crippen molar-refractivity contribution in [1.29, 1.82) is 0 Å². The van der Waals surface area contributed by atoms with E-state index in [4.69, 9.17) is 0 Å². The van der Waals surface area contributed by atoms with E-state index < -0.39 is 0 Å². The second-order valence-electron chi connectivity index (χ2n) is 4.63. The molecule has 0 N–H and O–H groups in total. The molecule has 3 heteroatoms. The summed E-state index contributed by atoms with van der Waals surface area (Å²) in [6.45, 7) is 3.67. The van der Waals surface area contributed by atoms with Crippen LogP contribution in [0.1, 0.15) is 24.8 Å². The van der Waals surface area contributed by atoms with Gasteiger partial charge >= 0.3 is 0 Å². The fourth-order valence-electron chi connectivity index (χ4n) is 2.24. The first-order chi connectivity index (χ1) is 8.36. The van der Waals surface area contributed by atoms with Crippen LogP contribution in [0, 0.1) is 0 Å². The molecule has 1 fully saturated rings. The molecule has 1 aromatic rings. The van der Waals surface area contributed by atoms with Gasteiger partial charge in [0.05, 0.1) is 0 Å². The van der Waals surface area contributed by atoms with Crippen LogP contribution < -0.4 is 0 Å². The topological polar surface area (TPSA) is 3.24 Å². The number of halogens is 2. The molecular weight excluding hydrogens is 310 g/mol. The van der Waals surface area contributed by atoms with Gasteiger partial charge in [0.2, 0.25) is 0 Å². The van der Waals surface area contributed by atoms with Crippen molar-refractivity contribution in [2.75, 3.05) is 19.6 Å². The van der Waals surface area contributed by atoms with Gasteiger partial charge in [0.15, 0.2) is 0 Å². The monoisotopic (exact) mass is 329 g/mol. The van der Waals surface area contributed by atoms with E-state index in [0.29, 0.717) is 0 Å². The number of allylic oxidation sites excluding steroid dienone is 1. The quantitative estimate of drug-likeness (QED) is 0.737. The van der Waals surface area contributed by atoms with Crippen molar-refractivity contribution in [3.05, 3.63) is 46.5 Å². The van der Waals surface area contributed by atoms with Gasteiger partial charge in [0.1, 0.15) is 0 Å². The maximum absolute atomic E-state index is 3.58. The Morgan fingerprint density at radius 1 is 1.06 bits per heavy atom. The summed E-state index contributed by atoms with van der Waals surface area (Å²) in [6, 6.07) is 8.44. The standard InChI is InChI=1S/C15H20BrN.ClH/c16-15-10-3-2-8-14(15)9-4-7-13-17-11-5-1-6-12-17;/h2-4,7-8,10H,1,5-6,9,11-13H2;1H/b7-4+;. The van der Waals surface area contributed by atoms with Gasteiger partial charge < -0.3 is 0 Å². The summed E-state index contributed by atoms with van der Waals surface area (Å²) in [7, 11) is 0. The van der Waals surface area contributed by atoms with E-state index in [2.05, 4.69) is 57.2 Å². The minimum Gasteiger partial charge on any atom is -0.300 e. The molecular formula is C15H21BrClN. The highest BCUT2D eigenvalue weighted by atomic mass is 79.9. The van der Waals surface area contributed by atoms with Gasteiger partial charge in [-0.2, -0.15) is 0 Å². The molecule has 0 unspecified atom stereocenters. The lowest BCUT2D eigenvalue weighted by Gasteiger charge is -2.24. The smallest absolute Gasteiger partial charge is 0.0210 e. The lowest BCUT2D eigenvalue weighted by molar-refractivity contribution is 0.251. The van der Waals surface area contributed by atoms with Crippen molar-refractivity contribution < 1.29 is 0 Å². The molecule has 0 aromatic heterocycles. The van der Waals surface area contributed by atoms with Gasteiger partial charge in [-0.3, -0.25) is 4.90 Å². The zero-order valence-corrected chi connectivity index (χ0v) is 13.0. The summed E-state index contributed by atoms with van der Waals surface area (Å²) in [5, 5.41) is 0. The molecule has 100 valence electrons. The maximum atomic E-state index is 3.58. The lowest BCUT2D eigenvalue weighted by Crippen LogP contribution is -2.29. The summed E-state index contributed by atoms with van der Waals surface area (Å²) in [5.41, 5.74) is 1.36. The second kappa shape index (κ2) is 8.73. The fourth-order valence-corrected chi connectivity index (χ4v) is 2.69. The van der Waals surface area contributed by atoms with Crippen LogP contribution in [0.25, 0.3) is 0 Å². The first kappa shape index (κ1) is 15.7. The molecule has 0 spiro atoms. The van der Waals surface area contributed by atoms with Gasteiger partial charge in [-0.05, 0) is 44.0 Å². The highest BCUT2D eigenvalue weighted by Gasteiger charge is 2.07. The molecule has 1 saturated heterocycles. The van der Waals surface area contributed by atoms with Crippen LogP contribution >= 0.6 is 28.3 Å².